The van der Waals surface area contributed by atoms with Gasteiger partial charge in [0.05, 0.1) is 0 Å². The van der Waals surface area contributed by atoms with Crippen molar-refractivity contribution in [1.82, 2.24) is 14.8 Å². The average Bonchev–Trinajstić information content (AvgIpc) is 2.27. The normalized spacial score (nSPS) is 16.9. The minimum absolute atomic E-state index is 0.705. The number of rotatable bonds is 0. The fourth-order valence-electron chi connectivity index (χ4n) is 0.932. The number of fused-ring (bicyclic) bond motifs is 1. The van der Waals surface area contributed by atoms with E-state index in [9.17, 15) is 0 Å². The Morgan fingerprint density at radius 1 is 1.60 bits per heavy atom. The maximum atomic E-state index is 4.18. The molecule has 0 fully saturated rings. The highest BCUT2D eigenvalue weighted by Gasteiger charge is 2.12. The van der Waals surface area contributed by atoms with Gasteiger partial charge in [-0.2, -0.15) is 4.98 Å². The third kappa shape index (κ3) is 1.08. The van der Waals surface area contributed by atoms with Crippen molar-refractivity contribution >= 4 is 27.7 Å². The Bertz CT molecular complexity index is 224. The molecule has 0 aromatic carbocycles. The van der Waals surface area contributed by atoms with Crippen molar-refractivity contribution in [3.05, 3.63) is 4.73 Å². The zero-order chi connectivity index (χ0) is 6.97. The molecule has 1 aliphatic heterocycles. The first-order chi connectivity index (χ1) is 4.86. The maximum Gasteiger partial charge on any atom is 0.218 e. The number of nitrogens with zero attached hydrogens (tertiary/aromatic N) is 3. The first-order valence-corrected chi connectivity index (χ1v) is 4.87. The van der Waals surface area contributed by atoms with Crippen molar-refractivity contribution in [3.63, 3.8) is 0 Å². The van der Waals surface area contributed by atoms with Crippen molar-refractivity contribution in [1.29, 1.82) is 0 Å². The summed E-state index contributed by atoms with van der Waals surface area (Å²) in [4.78, 5) is 4.18. The van der Waals surface area contributed by atoms with Crippen molar-refractivity contribution < 1.29 is 0 Å². The summed E-state index contributed by atoms with van der Waals surface area (Å²) in [5, 5.41) is 5.19. The van der Waals surface area contributed by atoms with Crippen LogP contribution in [-0.2, 0) is 6.54 Å². The lowest BCUT2D eigenvalue weighted by atomic mass is 10.5. The van der Waals surface area contributed by atoms with E-state index in [1.165, 1.54) is 12.2 Å². The molecule has 54 valence electrons. The van der Waals surface area contributed by atoms with Crippen LogP contribution >= 0.6 is 27.7 Å². The molecule has 0 aliphatic carbocycles. The van der Waals surface area contributed by atoms with Crippen LogP contribution in [0.15, 0.2) is 9.89 Å². The van der Waals surface area contributed by atoms with Crippen molar-refractivity contribution in [3.8, 4) is 0 Å². The molecule has 1 aromatic rings. The van der Waals surface area contributed by atoms with Gasteiger partial charge in [0.2, 0.25) is 4.73 Å². The molecule has 0 N–H and O–H groups in total. The molecule has 0 amide bonds. The van der Waals surface area contributed by atoms with E-state index >= 15 is 0 Å². The molecule has 1 aliphatic rings. The number of thioether (sulfide) groups is 1. The summed E-state index contributed by atoms with van der Waals surface area (Å²) in [6.07, 6.45) is 1.20. The fourth-order valence-corrected chi connectivity index (χ4v) is 2.30. The molecule has 2 heterocycles. The Kier molecular flexibility index (Phi) is 1.69. The van der Waals surface area contributed by atoms with Gasteiger partial charge in [-0.1, -0.05) is 11.8 Å². The Hall–Kier alpha value is -0.0300. The maximum absolute atomic E-state index is 4.18. The van der Waals surface area contributed by atoms with Crippen LogP contribution in [0.5, 0.6) is 0 Å². The van der Waals surface area contributed by atoms with E-state index in [0.717, 1.165) is 11.7 Å². The number of hydrogen-bond acceptors (Lipinski definition) is 3. The zero-order valence-electron chi connectivity index (χ0n) is 5.25. The predicted molar refractivity (Wildman–Crippen MR) is 43.1 cm³/mol. The number of halogens is 1. The molecule has 2 rings (SSSR count). The van der Waals surface area contributed by atoms with Gasteiger partial charge >= 0.3 is 0 Å². The molecule has 0 saturated heterocycles. The van der Waals surface area contributed by atoms with Gasteiger partial charge < -0.3 is 0 Å². The molecule has 5 heteroatoms. The minimum atomic E-state index is 0.705. The topological polar surface area (TPSA) is 30.7 Å². The van der Waals surface area contributed by atoms with Crippen LogP contribution in [0.1, 0.15) is 6.42 Å². The molecular formula is C5H6BrN3S. The summed E-state index contributed by atoms with van der Waals surface area (Å²) in [6.45, 7) is 1.01. The number of aryl methyl sites for hydroxylation is 1. The minimum Gasteiger partial charge on any atom is -0.240 e. The standard InChI is InChI=1S/C5H6BrN3S/c6-4-7-5-9(8-4)2-1-3-10-5/h1-3H2. The molecule has 10 heavy (non-hydrogen) atoms. The average molecular weight is 220 g/mol. The van der Waals surface area contributed by atoms with E-state index in [1.54, 1.807) is 11.8 Å². The van der Waals surface area contributed by atoms with Gasteiger partial charge in [0, 0.05) is 12.3 Å². The molecule has 0 unspecified atom stereocenters. The van der Waals surface area contributed by atoms with Gasteiger partial charge in [-0.15, -0.1) is 5.10 Å². The van der Waals surface area contributed by atoms with E-state index in [-0.39, 0.29) is 0 Å². The zero-order valence-corrected chi connectivity index (χ0v) is 7.65. The third-order valence-corrected chi connectivity index (χ3v) is 2.75. The van der Waals surface area contributed by atoms with E-state index in [0.29, 0.717) is 4.73 Å². The van der Waals surface area contributed by atoms with Crippen molar-refractivity contribution in [2.45, 2.75) is 18.1 Å². The van der Waals surface area contributed by atoms with Crippen molar-refractivity contribution in [2.75, 3.05) is 5.75 Å². The molecular weight excluding hydrogens is 214 g/mol. The second kappa shape index (κ2) is 2.54. The highest BCUT2D eigenvalue weighted by Crippen LogP contribution is 2.23. The van der Waals surface area contributed by atoms with Gasteiger partial charge in [-0.05, 0) is 22.4 Å². The Morgan fingerprint density at radius 3 is 3.30 bits per heavy atom. The van der Waals surface area contributed by atoms with Gasteiger partial charge in [-0.3, -0.25) is 0 Å². The Morgan fingerprint density at radius 2 is 2.50 bits per heavy atom. The summed E-state index contributed by atoms with van der Waals surface area (Å²) in [5.74, 6) is 1.17. The third-order valence-electron chi connectivity index (χ3n) is 1.36. The fraction of sp³-hybridized carbons (Fsp3) is 0.600. The molecule has 0 atom stereocenters. The van der Waals surface area contributed by atoms with Gasteiger partial charge in [0.1, 0.15) is 0 Å². The SMILES string of the molecule is Brc1nc2n(n1)CCCS2. The summed E-state index contributed by atoms with van der Waals surface area (Å²) in [6, 6.07) is 0. The second-order valence-electron chi connectivity index (χ2n) is 2.09. The van der Waals surface area contributed by atoms with Crippen LogP contribution in [-0.4, -0.2) is 20.5 Å². The van der Waals surface area contributed by atoms with E-state index in [4.69, 9.17) is 0 Å². The summed E-state index contributed by atoms with van der Waals surface area (Å²) in [5.41, 5.74) is 0. The molecule has 0 radical (unpaired) electrons. The van der Waals surface area contributed by atoms with Crippen LogP contribution in [0.2, 0.25) is 0 Å². The number of aromatic nitrogens is 3. The summed E-state index contributed by atoms with van der Waals surface area (Å²) < 4.78 is 2.65. The van der Waals surface area contributed by atoms with Crippen LogP contribution in [0.3, 0.4) is 0 Å². The molecule has 0 spiro atoms. The monoisotopic (exact) mass is 219 g/mol. The largest absolute Gasteiger partial charge is 0.240 e. The first kappa shape index (κ1) is 6.67. The lowest BCUT2D eigenvalue weighted by molar-refractivity contribution is 0.538. The second-order valence-corrected chi connectivity index (χ2v) is 3.86. The van der Waals surface area contributed by atoms with Crippen LogP contribution in [0.25, 0.3) is 0 Å². The van der Waals surface area contributed by atoms with Crippen molar-refractivity contribution in [2.24, 2.45) is 0 Å². The van der Waals surface area contributed by atoms with Gasteiger partial charge in [0.15, 0.2) is 5.16 Å². The highest BCUT2D eigenvalue weighted by molar-refractivity contribution is 9.10. The van der Waals surface area contributed by atoms with Gasteiger partial charge in [-0.25, -0.2) is 4.68 Å². The Labute approximate surface area is 71.3 Å². The molecule has 3 nitrogen and oxygen atoms in total. The van der Waals surface area contributed by atoms with E-state index in [2.05, 4.69) is 26.0 Å². The smallest absolute Gasteiger partial charge is 0.218 e. The van der Waals surface area contributed by atoms with Gasteiger partial charge in [0.25, 0.3) is 0 Å². The van der Waals surface area contributed by atoms with Crippen LogP contribution < -0.4 is 0 Å². The Balaban J connectivity index is 2.41. The van der Waals surface area contributed by atoms with Crippen LogP contribution in [0, 0.1) is 0 Å². The summed E-state index contributed by atoms with van der Waals surface area (Å²) in [7, 11) is 0. The number of hydrogen-bond donors (Lipinski definition) is 0. The highest BCUT2D eigenvalue weighted by atomic mass is 79.9. The lowest BCUT2D eigenvalue weighted by Gasteiger charge is -2.09. The first-order valence-electron chi connectivity index (χ1n) is 3.09. The molecule has 0 bridgehead atoms. The van der Waals surface area contributed by atoms with Crippen LogP contribution in [0.4, 0.5) is 0 Å². The quantitative estimate of drug-likeness (QED) is 0.664. The predicted octanol–water partition coefficient (Wildman–Crippen LogP) is 1.54. The molecule has 0 saturated carbocycles. The lowest BCUT2D eigenvalue weighted by Crippen LogP contribution is -2.07. The molecule has 1 aromatic heterocycles. The van der Waals surface area contributed by atoms with E-state index in [1.807, 2.05) is 4.68 Å². The summed E-state index contributed by atoms with van der Waals surface area (Å²) >= 11 is 5.00. The van der Waals surface area contributed by atoms with E-state index < -0.39 is 0 Å².